The van der Waals surface area contributed by atoms with Crippen molar-refractivity contribution in [1.29, 1.82) is 0 Å². The molecule has 162 valence electrons. The van der Waals surface area contributed by atoms with Crippen LogP contribution in [0.5, 0.6) is 0 Å². The summed E-state index contributed by atoms with van der Waals surface area (Å²) < 4.78 is 5.74. The van der Waals surface area contributed by atoms with Gasteiger partial charge in [-0.3, -0.25) is 9.59 Å². The molecule has 2 aliphatic rings. The molecule has 0 radical (unpaired) electrons. The zero-order valence-corrected chi connectivity index (χ0v) is 18.3. The lowest BCUT2D eigenvalue weighted by Crippen LogP contribution is -2.36. The Bertz CT molecular complexity index is 999. The molecule has 5 heteroatoms. The molecule has 2 fully saturated rings. The molecule has 2 aromatic rings. The van der Waals surface area contributed by atoms with Crippen molar-refractivity contribution >= 4 is 17.4 Å². The Morgan fingerprint density at radius 3 is 2.35 bits per heavy atom. The number of aryl methyl sites for hydroxylation is 1. The van der Waals surface area contributed by atoms with Gasteiger partial charge < -0.3 is 14.7 Å². The first-order valence-electron chi connectivity index (χ1n) is 10.9. The molecule has 2 saturated heterocycles. The summed E-state index contributed by atoms with van der Waals surface area (Å²) in [5, 5.41) is 11.1. The van der Waals surface area contributed by atoms with Crippen LogP contribution < -0.4 is 0 Å². The quantitative estimate of drug-likeness (QED) is 0.433. The largest absolute Gasteiger partial charge is 0.507 e. The maximum absolute atomic E-state index is 13.1. The fourth-order valence-corrected chi connectivity index (χ4v) is 4.35. The molecule has 2 unspecified atom stereocenters. The van der Waals surface area contributed by atoms with E-state index in [2.05, 4.69) is 13.8 Å². The lowest BCUT2D eigenvalue weighted by molar-refractivity contribution is -0.140. The average molecular weight is 420 g/mol. The van der Waals surface area contributed by atoms with E-state index in [9.17, 15) is 14.7 Å². The summed E-state index contributed by atoms with van der Waals surface area (Å²) in [6.45, 7) is 7.21. The highest BCUT2D eigenvalue weighted by molar-refractivity contribution is 6.46. The molecule has 2 aromatic carbocycles. The summed E-state index contributed by atoms with van der Waals surface area (Å²) >= 11 is 0. The minimum atomic E-state index is -0.644. The highest BCUT2D eigenvalue weighted by Crippen LogP contribution is 2.40. The molecule has 1 N–H and O–H groups in total. The summed E-state index contributed by atoms with van der Waals surface area (Å²) in [5.74, 6) is -0.984. The zero-order chi connectivity index (χ0) is 22.1. The number of ether oxygens (including phenoxy) is 1. The van der Waals surface area contributed by atoms with Gasteiger partial charge in [0.15, 0.2) is 0 Å². The van der Waals surface area contributed by atoms with Gasteiger partial charge in [-0.2, -0.15) is 0 Å². The van der Waals surface area contributed by atoms with Gasteiger partial charge in [0.05, 0.1) is 17.7 Å². The number of aliphatic hydroxyl groups excluding tert-OH is 1. The summed E-state index contributed by atoms with van der Waals surface area (Å²) in [6.07, 6.45) is 1.72. The van der Waals surface area contributed by atoms with E-state index in [0.717, 1.165) is 24.0 Å². The molecule has 1 amide bonds. The first-order chi connectivity index (χ1) is 14.9. The number of hydrogen-bond donors (Lipinski definition) is 1. The maximum Gasteiger partial charge on any atom is 0.295 e. The van der Waals surface area contributed by atoms with Crippen molar-refractivity contribution in [2.75, 3.05) is 13.2 Å². The van der Waals surface area contributed by atoms with Gasteiger partial charge in [-0.05, 0) is 36.8 Å². The van der Waals surface area contributed by atoms with Crippen LogP contribution in [0.4, 0.5) is 0 Å². The molecule has 2 heterocycles. The van der Waals surface area contributed by atoms with Crippen LogP contribution in [0.3, 0.4) is 0 Å². The molecule has 4 rings (SSSR count). The van der Waals surface area contributed by atoms with Gasteiger partial charge in [0.2, 0.25) is 0 Å². The normalized spacial score (nSPS) is 23.2. The Morgan fingerprint density at radius 2 is 1.77 bits per heavy atom. The summed E-state index contributed by atoms with van der Waals surface area (Å²) in [4.78, 5) is 27.7. The third-order valence-corrected chi connectivity index (χ3v) is 6.21. The molecule has 2 aliphatic heterocycles. The molecule has 0 aliphatic carbocycles. The molecule has 2 atom stereocenters. The Balaban J connectivity index is 1.80. The molecule has 31 heavy (non-hydrogen) atoms. The van der Waals surface area contributed by atoms with Gasteiger partial charge in [0.1, 0.15) is 5.76 Å². The van der Waals surface area contributed by atoms with Gasteiger partial charge in [0.25, 0.3) is 11.7 Å². The zero-order valence-electron chi connectivity index (χ0n) is 18.3. The van der Waals surface area contributed by atoms with E-state index in [1.165, 1.54) is 5.56 Å². The van der Waals surface area contributed by atoms with Crippen molar-refractivity contribution in [2.24, 2.45) is 0 Å². The number of amides is 1. The van der Waals surface area contributed by atoms with E-state index in [1.807, 2.05) is 43.3 Å². The number of hydrogen-bond acceptors (Lipinski definition) is 4. The summed E-state index contributed by atoms with van der Waals surface area (Å²) in [7, 11) is 0. The highest BCUT2D eigenvalue weighted by Gasteiger charge is 2.47. The van der Waals surface area contributed by atoms with Crippen molar-refractivity contribution in [3.63, 3.8) is 0 Å². The summed E-state index contributed by atoms with van der Waals surface area (Å²) in [6, 6.07) is 14.6. The van der Waals surface area contributed by atoms with Crippen LogP contribution in [0, 0.1) is 6.92 Å². The minimum absolute atomic E-state index is 0.0879. The molecule has 0 aromatic heterocycles. The Hall–Kier alpha value is -2.92. The van der Waals surface area contributed by atoms with Crippen LogP contribution in [0.2, 0.25) is 0 Å². The van der Waals surface area contributed by atoms with Gasteiger partial charge in [-0.1, -0.05) is 67.9 Å². The van der Waals surface area contributed by atoms with Crippen molar-refractivity contribution < 1.29 is 19.4 Å². The van der Waals surface area contributed by atoms with E-state index in [1.54, 1.807) is 17.0 Å². The number of rotatable bonds is 5. The van der Waals surface area contributed by atoms with Gasteiger partial charge >= 0.3 is 0 Å². The second-order valence-corrected chi connectivity index (χ2v) is 8.77. The maximum atomic E-state index is 13.1. The monoisotopic (exact) mass is 419 g/mol. The third-order valence-electron chi connectivity index (χ3n) is 6.21. The predicted molar refractivity (Wildman–Crippen MR) is 120 cm³/mol. The number of nitrogens with zero attached hydrogens (tertiary/aromatic N) is 1. The van der Waals surface area contributed by atoms with Crippen LogP contribution in [0.15, 0.2) is 54.1 Å². The smallest absolute Gasteiger partial charge is 0.295 e. The first kappa shape index (κ1) is 21.3. The average Bonchev–Trinajstić information content (AvgIpc) is 3.36. The van der Waals surface area contributed by atoms with Crippen LogP contribution in [0.25, 0.3) is 5.76 Å². The number of Topliss-reactive ketones (excluding diaryl/α,β-unsaturated/α-hetero) is 1. The third kappa shape index (κ3) is 4.15. The second kappa shape index (κ2) is 8.67. The molecular formula is C26H29NO4. The molecule has 0 bridgehead atoms. The first-order valence-corrected chi connectivity index (χ1v) is 10.9. The van der Waals surface area contributed by atoms with Crippen LogP contribution >= 0.6 is 0 Å². The predicted octanol–water partition coefficient (Wildman–Crippen LogP) is 4.72. The molecule has 0 saturated carbocycles. The fourth-order valence-electron chi connectivity index (χ4n) is 4.35. The number of likely N-dealkylation sites (tertiary alicyclic amines) is 1. The van der Waals surface area contributed by atoms with E-state index in [-0.39, 0.29) is 17.4 Å². The molecule has 0 spiro atoms. The number of benzene rings is 2. The Morgan fingerprint density at radius 1 is 1.10 bits per heavy atom. The van der Waals surface area contributed by atoms with Gasteiger partial charge in [-0.15, -0.1) is 0 Å². The number of carbonyl (C=O) groups is 2. The van der Waals surface area contributed by atoms with Crippen LogP contribution in [-0.2, 0) is 14.3 Å². The number of carbonyl (C=O) groups excluding carboxylic acids is 2. The van der Waals surface area contributed by atoms with E-state index >= 15 is 0 Å². The number of ketones is 1. The van der Waals surface area contributed by atoms with E-state index in [4.69, 9.17) is 4.74 Å². The topological polar surface area (TPSA) is 66.8 Å². The Kier molecular flexibility index (Phi) is 5.96. The van der Waals surface area contributed by atoms with E-state index < -0.39 is 17.7 Å². The van der Waals surface area contributed by atoms with Gasteiger partial charge in [-0.25, -0.2) is 0 Å². The van der Waals surface area contributed by atoms with Crippen molar-refractivity contribution in [3.05, 3.63) is 76.4 Å². The molecular weight excluding hydrogens is 390 g/mol. The van der Waals surface area contributed by atoms with Crippen molar-refractivity contribution in [1.82, 2.24) is 4.90 Å². The van der Waals surface area contributed by atoms with Crippen molar-refractivity contribution in [3.8, 4) is 0 Å². The fraction of sp³-hybridized carbons (Fsp3) is 0.385. The second-order valence-electron chi connectivity index (χ2n) is 8.77. The van der Waals surface area contributed by atoms with Crippen molar-refractivity contribution in [2.45, 2.75) is 51.7 Å². The summed E-state index contributed by atoms with van der Waals surface area (Å²) in [5.41, 5.74) is 3.72. The van der Waals surface area contributed by atoms with Crippen LogP contribution in [-0.4, -0.2) is 41.0 Å². The number of aliphatic hydroxyl groups is 1. The standard InChI is InChI=1S/C26H29NO4/c1-16(2)18-10-12-19(13-11-18)23-22(24(28)20-8-6-17(3)7-9-20)25(29)26(30)27(23)15-21-5-4-14-31-21/h6-13,16,21,23,28H,4-5,14-15H2,1-3H3. The SMILES string of the molecule is Cc1ccc(C(O)=C2C(=O)C(=O)N(CC3CCCO3)C2c2ccc(C(C)C)cc2)cc1. The lowest BCUT2D eigenvalue weighted by Gasteiger charge is -2.27. The highest BCUT2D eigenvalue weighted by atomic mass is 16.5. The minimum Gasteiger partial charge on any atom is -0.507 e. The van der Waals surface area contributed by atoms with Gasteiger partial charge in [0, 0.05) is 18.7 Å². The lowest BCUT2D eigenvalue weighted by atomic mass is 9.93. The molecule has 5 nitrogen and oxygen atoms in total. The Labute approximate surface area is 183 Å². The van der Waals surface area contributed by atoms with Crippen LogP contribution in [0.1, 0.15) is 60.9 Å². The van der Waals surface area contributed by atoms with E-state index in [0.29, 0.717) is 24.6 Å².